The third kappa shape index (κ3) is 3.55. The van der Waals surface area contributed by atoms with Gasteiger partial charge in [0.2, 0.25) is 0 Å². The zero-order valence-electron chi connectivity index (χ0n) is 14.1. The topological polar surface area (TPSA) is 32.3 Å². The van der Waals surface area contributed by atoms with Crippen molar-refractivity contribution in [2.45, 2.75) is 0 Å². The van der Waals surface area contributed by atoms with E-state index in [0.29, 0.717) is 5.69 Å². The zero-order chi connectivity index (χ0) is 17.9. The van der Waals surface area contributed by atoms with Crippen LogP contribution >= 0.6 is 15.9 Å². The molecule has 0 unspecified atom stereocenters. The molecule has 2 aromatic carbocycles. The Kier molecular flexibility index (Phi) is 4.84. The number of nitrogens with zero attached hydrogens (tertiary/aromatic N) is 4. The van der Waals surface area contributed by atoms with Crippen molar-refractivity contribution in [2.75, 3.05) is 36.0 Å². The lowest BCUT2D eigenvalue weighted by atomic mass is 10.1. The van der Waals surface area contributed by atoms with Crippen molar-refractivity contribution in [1.82, 2.24) is 10.2 Å². The normalized spacial score (nSPS) is 14.5. The summed E-state index contributed by atoms with van der Waals surface area (Å²) in [5.41, 5.74) is 2.56. The quantitative estimate of drug-likeness (QED) is 0.639. The molecule has 1 saturated heterocycles. The largest absolute Gasteiger partial charge is 0.366 e. The maximum absolute atomic E-state index is 13.9. The summed E-state index contributed by atoms with van der Waals surface area (Å²) in [7, 11) is 0. The van der Waals surface area contributed by atoms with E-state index in [1.165, 1.54) is 6.07 Å². The van der Waals surface area contributed by atoms with Gasteiger partial charge in [-0.05, 0) is 36.4 Å². The lowest BCUT2D eigenvalue weighted by Crippen LogP contribution is -2.47. The van der Waals surface area contributed by atoms with Crippen LogP contribution in [0, 0.1) is 5.82 Å². The summed E-state index contributed by atoms with van der Waals surface area (Å²) in [5, 5.41) is 8.75. The molecule has 0 saturated carbocycles. The Bertz CT molecular complexity index is 875. The number of benzene rings is 2. The summed E-state index contributed by atoms with van der Waals surface area (Å²) in [6.07, 6.45) is 0. The molecule has 0 bridgehead atoms. The highest BCUT2D eigenvalue weighted by Gasteiger charge is 2.20. The van der Waals surface area contributed by atoms with Crippen LogP contribution in [-0.4, -0.2) is 36.4 Å². The molecule has 4 rings (SSSR count). The molecule has 0 atom stereocenters. The van der Waals surface area contributed by atoms with Crippen molar-refractivity contribution < 1.29 is 4.39 Å². The van der Waals surface area contributed by atoms with Crippen LogP contribution < -0.4 is 9.80 Å². The molecule has 0 spiro atoms. The predicted octanol–water partition coefficient (Wildman–Crippen LogP) is 4.37. The minimum atomic E-state index is -0.167. The summed E-state index contributed by atoms with van der Waals surface area (Å²) in [4.78, 5) is 4.27. The minimum Gasteiger partial charge on any atom is -0.366 e. The molecule has 2 heterocycles. The molecular formula is C20H18BrFN4. The molecule has 0 aliphatic carbocycles. The minimum absolute atomic E-state index is 0.167. The van der Waals surface area contributed by atoms with Crippen LogP contribution in [0.4, 0.5) is 15.9 Å². The third-order valence-electron chi connectivity index (χ3n) is 4.59. The van der Waals surface area contributed by atoms with Gasteiger partial charge in [-0.15, -0.1) is 10.2 Å². The van der Waals surface area contributed by atoms with Crippen LogP contribution in [0.3, 0.4) is 0 Å². The van der Waals surface area contributed by atoms with Gasteiger partial charge in [0.15, 0.2) is 5.82 Å². The van der Waals surface area contributed by atoms with Gasteiger partial charge in [0.25, 0.3) is 0 Å². The first-order valence-electron chi connectivity index (χ1n) is 8.55. The second-order valence-corrected chi connectivity index (χ2v) is 7.12. The van der Waals surface area contributed by atoms with Gasteiger partial charge in [0.05, 0.1) is 11.4 Å². The van der Waals surface area contributed by atoms with Gasteiger partial charge < -0.3 is 9.80 Å². The highest BCUT2D eigenvalue weighted by atomic mass is 79.9. The third-order valence-corrected chi connectivity index (χ3v) is 5.12. The molecule has 3 aromatic rings. The Balaban J connectivity index is 1.43. The second-order valence-electron chi connectivity index (χ2n) is 6.21. The Morgan fingerprint density at radius 1 is 0.769 bits per heavy atom. The summed E-state index contributed by atoms with van der Waals surface area (Å²) in [5.74, 6) is 0.693. The molecule has 0 N–H and O–H groups in total. The van der Waals surface area contributed by atoms with E-state index in [-0.39, 0.29) is 5.82 Å². The van der Waals surface area contributed by atoms with Crippen molar-refractivity contribution in [1.29, 1.82) is 0 Å². The highest BCUT2D eigenvalue weighted by Crippen LogP contribution is 2.23. The predicted molar refractivity (Wildman–Crippen MR) is 106 cm³/mol. The average molecular weight is 413 g/mol. The lowest BCUT2D eigenvalue weighted by molar-refractivity contribution is 0.595. The summed E-state index contributed by atoms with van der Waals surface area (Å²) >= 11 is 3.44. The molecule has 1 fully saturated rings. The number of hydrogen-bond donors (Lipinski definition) is 0. The van der Waals surface area contributed by atoms with Crippen LogP contribution in [0.15, 0.2) is 65.1 Å². The Morgan fingerprint density at radius 2 is 1.46 bits per heavy atom. The number of anilines is 2. The molecule has 6 heteroatoms. The van der Waals surface area contributed by atoms with Crippen molar-refractivity contribution in [2.24, 2.45) is 0 Å². The fourth-order valence-corrected chi connectivity index (χ4v) is 3.42. The zero-order valence-corrected chi connectivity index (χ0v) is 15.7. The molecule has 1 aromatic heterocycles. The molecule has 1 aliphatic rings. The number of aromatic nitrogens is 2. The number of rotatable bonds is 3. The maximum atomic E-state index is 13.9. The molecule has 26 heavy (non-hydrogen) atoms. The number of halogens is 2. The van der Waals surface area contributed by atoms with E-state index in [1.807, 2.05) is 48.5 Å². The van der Waals surface area contributed by atoms with Crippen LogP contribution in [0.25, 0.3) is 11.3 Å². The SMILES string of the molecule is Fc1ccccc1N1CCN(c2ccc(-c3ccc(Br)cc3)nn2)CC1. The molecular weight excluding hydrogens is 395 g/mol. The number of piperazine rings is 1. The highest BCUT2D eigenvalue weighted by molar-refractivity contribution is 9.10. The van der Waals surface area contributed by atoms with E-state index >= 15 is 0 Å². The Hall–Kier alpha value is -2.47. The van der Waals surface area contributed by atoms with Gasteiger partial charge in [-0.3, -0.25) is 0 Å². The summed E-state index contributed by atoms with van der Waals surface area (Å²) in [6.45, 7) is 3.11. The van der Waals surface area contributed by atoms with Gasteiger partial charge >= 0.3 is 0 Å². The van der Waals surface area contributed by atoms with Crippen molar-refractivity contribution in [3.63, 3.8) is 0 Å². The monoisotopic (exact) mass is 412 g/mol. The van der Waals surface area contributed by atoms with E-state index in [2.05, 4.69) is 35.9 Å². The van der Waals surface area contributed by atoms with Crippen molar-refractivity contribution in [3.8, 4) is 11.3 Å². The van der Waals surface area contributed by atoms with E-state index < -0.39 is 0 Å². The van der Waals surface area contributed by atoms with E-state index in [4.69, 9.17) is 0 Å². The van der Waals surface area contributed by atoms with E-state index in [0.717, 1.165) is 47.7 Å². The van der Waals surface area contributed by atoms with Crippen molar-refractivity contribution >= 4 is 27.4 Å². The molecule has 0 radical (unpaired) electrons. The van der Waals surface area contributed by atoms with E-state index in [1.54, 1.807) is 6.07 Å². The molecule has 4 nitrogen and oxygen atoms in total. The van der Waals surface area contributed by atoms with Crippen molar-refractivity contribution in [3.05, 3.63) is 71.0 Å². The standard InChI is InChI=1S/C20H18BrFN4/c21-16-7-5-15(6-8-16)18-9-10-20(24-23-18)26-13-11-25(12-14-26)19-4-2-1-3-17(19)22/h1-10H,11-14H2. The fourth-order valence-electron chi connectivity index (χ4n) is 3.15. The van der Waals surface area contributed by atoms with Crippen LogP contribution in [0.5, 0.6) is 0 Å². The second kappa shape index (κ2) is 7.41. The summed E-state index contributed by atoms with van der Waals surface area (Å²) in [6, 6.07) is 18.9. The van der Waals surface area contributed by atoms with E-state index in [9.17, 15) is 4.39 Å². The number of hydrogen-bond acceptors (Lipinski definition) is 4. The van der Waals surface area contributed by atoms with Gasteiger partial charge in [0, 0.05) is 36.2 Å². The molecule has 132 valence electrons. The van der Waals surface area contributed by atoms with Gasteiger partial charge in [0.1, 0.15) is 5.82 Å². The first kappa shape index (κ1) is 17.0. The molecule has 1 aliphatic heterocycles. The summed E-state index contributed by atoms with van der Waals surface area (Å²) < 4.78 is 15.0. The maximum Gasteiger partial charge on any atom is 0.151 e. The molecule has 0 amide bonds. The van der Waals surface area contributed by atoms with Crippen LogP contribution in [-0.2, 0) is 0 Å². The van der Waals surface area contributed by atoms with Crippen LogP contribution in [0.2, 0.25) is 0 Å². The first-order chi connectivity index (χ1) is 12.7. The van der Waals surface area contributed by atoms with Gasteiger partial charge in [-0.2, -0.15) is 0 Å². The lowest BCUT2D eigenvalue weighted by Gasteiger charge is -2.36. The Labute approximate surface area is 160 Å². The smallest absolute Gasteiger partial charge is 0.151 e. The fraction of sp³-hybridized carbons (Fsp3) is 0.200. The first-order valence-corrected chi connectivity index (χ1v) is 9.34. The number of para-hydroxylation sites is 1. The Morgan fingerprint density at radius 3 is 2.12 bits per heavy atom. The van der Waals surface area contributed by atoms with Gasteiger partial charge in [-0.1, -0.05) is 40.2 Å². The average Bonchev–Trinajstić information content (AvgIpc) is 2.69. The van der Waals surface area contributed by atoms with Crippen LogP contribution in [0.1, 0.15) is 0 Å². The van der Waals surface area contributed by atoms with Gasteiger partial charge in [-0.25, -0.2) is 4.39 Å².